The molecule has 22 aromatic rings. The molecule has 0 aliphatic carbocycles. The molecule has 688 valence electrons. The lowest BCUT2D eigenvalue weighted by atomic mass is 10.0. The topological polar surface area (TPSA) is 417 Å². The molecule has 0 spiro atoms. The maximum absolute atomic E-state index is 11.6. The highest BCUT2D eigenvalue weighted by molar-refractivity contribution is 6.31. The van der Waals surface area contributed by atoms with Gasteiger partial charge in [0.25, 0.3) is 0 Å². The van der Waals surface area contributed by atoms with E-state index >= 15 is 0 Å². The number of Topliss-reactive ketones (excluding diaryl/α,β-unsaturated/α-hetero) is 2. The van der Waals surface area contributed by atoms with Crippen LogP contribution in [0.5, 0.6) is 0 Å². The number of esters is 1. The van der Waals surface area contributed by atoms with Crippen molar-refractivity contribution >= 4 is 130 Å². The van der Waals surface area contributed by atoms with Crippen molar-refractivity contribution in [2.45, 2.75) is 52.9 Å². The third-order valence-corrected chi connectivity index (χ3v) is 22.4. The number of pyridine rings is 5. The lowest BCUT2D eigenvalue weighted by molar-refractivity contribution is -0.142. The quantitative estimate of drug-likeness (QED) is 0.0320. The zero-order valence-electron chi connectivity index (χ0n) is 75.9. The molecule has 17 aromatic heterocycles. The van der Waals surface area contributed by atoms with E-state index in [2.05, 4.69) is 166 Å². The number of nitrogens with two attached hydrogens (primary N) is 1. The molecule has 36 nitrogen and oxygen atoms in total. The molecule has 138 heavy (non-hydrogen) atoms. The van der Waals surface area contributed by atoms with E-state index in [1.165, 1.54) is 14.0 Å². The molecule has 17 heterocycles. The van der Waals surface area contributed by atoms with Gasteiger partial charge in [0, 0.05) is 212 Å². The molecule has 39 heteroatoms. The fraction of sp³-hybridized carbons (Fsp3) is 0.162. The summed E-state index contributed by atoms with van der Waals surface area (Å²) in [5, 5.41) is 76.9. The van der Waals surface area contributed by atoms with Crippen molar-refractivity contribution < 1.29 is 24.0 Å². The van der Waals surface area contributed by atoms with Gasteiger partial charge in [-0.25, -0.2) is 0 Å². The smallest absolute Gasteiger partial charge is 0.310 e. The molecule has 0 saturated carbocycles. The van der Waals surface area contributed by atoms with Crippen LogP contribution in [0.15, 0.2) is 268 Å². The molecule has 0 amide bonds. The number of hydrogen-bond donors (Lipinski definition) is 1. The van der Waals surface area contributed by atoms with Gasteiger partial charge in [-0.2, -0.15) is 54.3 Å². The Morgan fingerprint density at radius 3 is 0.978 bits per heavy atom. The van der Waals surface area contributed by atoms with Crippen LogP contribution in [0.3, 0.4) is 0 Å². The van der Waals surface area contributed by atoms with Gasteiger partial charge < -0.3 is 15.3 Å². The van der Waals surface area contributed by atoms with Gasteiger partial charge in [-0.1, -0.05) is 70.3 Å². The predicted molar refractivity (Wildman–Crippen MR) is 525 cm³/mol. The molecule has 0 radical (unpaired) electrons. The number of oxime groups is 1. The molecule has 0 bridgehead atoms. The number of aromatic nitrogens is 29. The molecular weight excluding hydrogens is 1810 g/mol. The second-order valence-corrected chi connectivity index (χ2v) is 33.2. The van der Waals surface area contributed by atoms with Gasteiger partial charge in [-0.05, 0) is 181 Å². The number of fused-ring (bicyclic) bond motifs is 8. The number of carbonyl (C=O) groups is 3. The van der Waals surface area contributed by atoms with E-state index < -0.39 is 0 Å². The summed E-state index contributed by atoms with van der Waals surface area (Å²) in [4.78, 5) is 62.2. The summed E-state index contributed by atoms with van der Waals surface area (Å²) in [5.41, 5.74) is 29.1. The first-order valence-electron chi connectivity index (χ1n) is 43.2. The molecule has 0 aliphatic rings. The average molecular weight is 1900 g/mol. The highest BCUT2D eigenvalue weighted by atomic mass is 35.5. The first-order valence-corrected chi connectivity index (χ1v) is 44.4. The Morgan fingerprint density at radius 2 is 0.659 bits per heavy atom. The van der Waals surface area contributed by atoms with Crippen molar-refractivity contribution in [1.29, 1.82) is 0 Å². The minimum Gasteiger partial charge on any atom is -0.466 e. The van der Waals surface area contributed by atoms with Crippen molar-refractivity contribution in [3.05, 3.63) is 335 Å². The Hall–Kier alpha value is -17.0. The van der Waals surface area contributed by atoms with Crippen LogP contribution in [-0.2, 0) is 86.5 Å². The van der Waals surface area contributed by atoms with Crippen molar-refractivity contribution in [3.8, 4) is 55.6 Å². The predicted octanol–water partition coefficient (Wildman–Crippen LogP) is 15.4. The lowest BCUT2D eigenvalue weighted by Crippen LogP contribution is -2.15. The lowest BCUT2D eigenvalue weighted by Gasteiger charge is -2.05. The summed E-state index contributed by atoms with van der Waals surface area (Å²) in [6.07, 6.45) is 30.6. The maximum Gasteiger partial charge on any atom is 0.310 e. The van der Waals surface area contributed by atoms with E-state index in [1.807, 2.05) is 221 Å². The van der Waals surface area contributed by atoms with Crippen molar-refractivity contribution in [1.82, 2.24) is 143 Å². The summed E-state index contributed by atoms with van der Waals surface area (Å²) in [5.74, 6) is 1.90. The fourth-order valence-corrected chi connectivity index (χ4v) is 15.3. The second kappa shape index (κ2) is 42.1. The molecular formula is C99H86Cl3N31O5. The number of ketones is 2. The summed E-state index contributed by atoms with van der Waals surface area (Å²) >= 11 is 16.8. The number of benzene rings is 5. The zero-order valence-corrected chi connectivity index (χ0v) is 78.2. The largest absolute Gasteiger partial charge is 0.466 e. The monoisotopic (exact) mass is 1890 g/mol. The first kappa shape index (κ1) is 92.9. The molecule has 0 saturated heterocycles. The summed E-state index contributed by atoms with van der Waals surface area (Å²) < 4.78 is 18.9. The number of aryl methyl sites for hydroxylation is 5. The van der Waals surface area contributed by atoms with Crippen LogP contribution >= 0.6 is 34.8 Å². The molecule has 0 fully saturated rings. The van der Waals surface area contributed by atoms with Crippen LogP contribution in [0.25, 0.3) is 127 Å². The highest BCUT2D eigenvalue weighted by Crippen LogP contribution is 2.31. The molecule has 5 aromatic carbocycles. The van der Waals surface area contributed by atoms with Gasteiger partial charge in [0.1, 0.15) is 29.4 Å². The Morgan fingerprint density at radius 1 is 0.348 bits per heavy atom. The number of hydrogen-bond acceptors (Lipinski definition) is 28. The molecule has 22 rings (SSSR count). The van der Waals surface area contributed by atoms with E-state index in [1.54, 1.807) is 73.4 Å². The average Bonchev–Trinajstić information content (AvgIpc) is 1.64. The van der Waals surface area contributed by atoms with Crippen molar-refractivity contribution in [3.63, 3.8) is 0 Å². The van der Waals surface area contributed by atoms with Crippen molar-refractivity contribution in [2.24, 2.45) is 46.1 Å². The third kappa shape index (κ3) is 22.7. The van der Waals surface area contributed by atoms with Crippen LogP contribution in [0.1, 0.15) is 82.2 Å². The van der Waals surface area contributed by atoms with Gasteiger partial charge in [0.2, 0.25) is 0 Å². The van der Waals surface area contributed by atoms with Crippen LogP contribution in [0.4, 0.5) is 0 Å². The molecule has 0 atom stereocenters. The number of carbonyl (C=O) groups excluding carboxylic acids is 3. The first-order chi connectivity index (χ1) is 66.9. The summed E-state index contributed by atoms with van der Waals surface area (Å²) in [7, 11) is 11.0. The van der Waals surface area contributed by atoms with Gasteiger partial charge in [0.05, 0.1) is 78.1 Å². The van der Waals surface area contributed by atoms with E-state index in [4.69, 9.17) is 50.1 Å². The Kier molecular flexibility index (Phi) is 28.3. The van der Waals surface area contributed by atoms with Crippen LogP contribution < -0.4 is 5.73 Å². The second-order valence-electron chi connectivity index (χ2n) is 32.0. The molecule has 0 unspecified atom stereocenters. The molecule has 0 aliphatic heterocycles. The number of halogens is 3. The Labute approximate surface area is 801 Å². The number of nitrogens with zero attached hydrogens (tertiary/aromatic N) is 30. The third-order valence-electron chi connectivity index (χ3n) is 21.8. The normalized spacial score (nSPS) is 11.3. The van der Waals surface area contributed by atoms with Gasteiger partial charge in [-0.3, -0.25) is 62.7 Å². The van der Waals surface area contributed by atoms with Gasteiger partial charge in [0.15, 0.2) is 56.3 Å². The van der Waals surface area contributed by atoms with Gasteiger partial charge >= 0.3 is 5.97 Å². The van der Waals surface area contributed by atoms with Crippen LogP contribution in [0, 0.1) is 0 Å². The number of ether oxygens (including phenoxy) is 1. The van der Waals surface area contributed by atoms with E-state index in [0.717, 1.165) is 150 Å². The number of rotatable bonds is 20. The van der Waals surface area contributed by atoms with Gasteiger partial charge in [-0.15, -0.1) is 40.8 Å². The summed E-state index contributed by atoms with van der Waals surface area (Å²) in [6, 6.07) is 54.5. The van der Waals surface area contributed by atoms with E-state index in [9.17, 15) is 14.4 Å². The van der Waals surface area contributed by atoms with E-state index in [0.29, 0.717) is 87.6 Å². The minimum absolute atomic E-state index is 0.0331. The van der Waals surface area contributed by atoms with Crippen LogP contribution in [0.2, 0.25) is 15.5 Å². The van der Waals surface area contributed by atoms with Crippen molar-refractivity contribution in [2.75, 3.05) is 20.3 Å². The SMILES string of the molecule is CC(=O)c1ccc2nnc(Cc3ccc4ncc(-c5cnn(C)c5)cc4c3)n2n1.CCOC(=O)Cc1ccc2ncc(-c3cnn(C)c3)cc2c1.CO/N=C(\C)c1ccc2nnc(Cc3ccc4ncc(-c5cnn(C)c5)cc4c3)n2n1.Clc1ccc(Cl)nn1.Cn1cc(-c2cnc3ccc(CC(=O)CN)cc3c2)cn1.Cn1cc(-c2cnc3ccc(Cc4nnc5ccc(Cl)nn45)cc3c2)cn1. The standard InChI is InChI=1S/C22H20N8O.C21H17N7O.C19H14ClN7.C17H17N3O2.C16H16N4O.C4H2Cl2N2/c1-14(28-31-3)19-6-7-21-25-26-22(30(21)27-19)9-15-4-5-20-16(8-15)10-17(11-23-20)18-12-24-29(2)13-18;1-13(29)18-5-6-20-24-25-21(28(20)26-18)8-14-3-4-19-15(7-14)9-16(10-22-19)17-11-23-27(2)12-17;1-26-11-15(10-22-26)14-8-13-6-12(2-3-16(13)21-9-14)7-19-24-23-18-5-4-17(20)25-27(18)19;1-3-22-17(21)7-12-4-5-16-13(6-12)8-14(9-18-16)15-10-19-20(2)11-15;1-20-10-14(9-19-20)13-6-12-4-11(5-15(21)7-17)2-3-16(12)18-8-13;5-3-1-2-4(6)8-7-3/h4-8,10-13H,9H2,1-3H3;3-7,9-12H,8H2,1-2H3;2-6,8-11H,7H2,1H3;4-6,8-11H,3,7H2,1-2H3;2-4,6,8-10H,5,7,17H2,1H3;1-2H/b28-14+;;;;;. The fourth-order valence-electron chi connectivity index (χ4n) is 15.0. The zero-order chi connectivity index (χ0) is 96.0. The Bertz CT molecular complexity index is 8240. The van der Waals surface area contributed by atoms with E-state index in [-0.39, 0.29) is 30.5 Å². The summed E-state index contributed by atoms with van der Waals surface area (Å²) in [6.45, 7) is 5.62. The maximum atomic E-state index is 11.6. The molecule has 2 N–H and O–H groups in total. The van der Waals surface area contributed by atoms with Crippen LogP contribution in [-0.4, -0.2) is 187 Å². The minimum atomic E-state index is -0.210. The highest BCUT2D eigenvalue weighted by Gasteiger charge is 2.18. The Balaban J connectivity index is 0.000000118.